The minimum atomic E-state index is -0.358. The van der Waals surface area contributed by atoms with E-state index in [-0.39, 0.29) is 29.1 Å². The average molecular weight is 614 g/mol. The molecule has 1 saturated heterocycles. The van der Waals surface area contributed by atoms with Crippen molar-refractivity contribution in [2.45, 2.75) is 58.3 Å². The highest BCUT2D eigenvalue weighted by Crippen LogP contribution is 2.34. The van der Waals surface area contributed by atoms with E-state index in [4.69, 9.17) is 5.10 Å². The van der Waals surface area contributed by atoms with Gasteiger partial charge in [-0.1, -0.05) is 93.1 Å². The van der Waals surface area contributed by atoms with Crippen LogP contribution in [0.15, 0.2) is 97.1 Å². The summed E-state index contributed by atoms with van der Waals surface area (Å²) < 4.78 is 1.77. The number of piperidine rings is 1. The summed E-state index contributed by atoms with van der Waals surface area (Å²) in [6.07, 6.45) is 2.32. The maximum atomic E-state index is 13.9. The van der Waals surface area contributed by atoms with Crippen molar-refractivity contribution in [3.05, 3.63) is 119 Å². The molecule has 1 aliphatic heterocycles. The van der Waals surface area contributed by atoms with Gasteiger partial charge in [0, 0.05) is 29.5 Å². The normalized spacial score (nSPS) is 14.6. The second kappa shape index (κ2) is 13.3. The van der Waals surface area contributed by atoms with E-state index < -0.39 is 0 Å². The third-order valence-corrected chi connectivity index (χ3v) is 8.92. The fraction of sp³-hybridized carbons (Fsp3) is 0.308. The zero-order chi connectivity index (χ0) is 32.3. The highest BCUT2D eigenvalue weighted by Gasteiger charge is 2.31. The van der Waals surface area contributed by atoms with Crippen molar-refractivity contribution < 1.29 is 9.59 Å². The largest absolute Gasteiger partial charge is 0.324 e. The Labute approximate surface area is 271 Å². The lowest BCUT2D eigenvalue weighted by molar-refractivity contribution is -0.121. The number of benzene rings is 4. The van der Waals surface area contributed by atoms with Crippen LogP contribution in [0.2, 0.25) is 0 Å². The molecule has 6 rings (SSSR count). The lowest BCUT2D eigenvalue weighted by atomic mass is 9.76. The molecule has 7 heteroatoms. The number of amides is 2. The van der Waals surface area contributed by atoms with Crippen molar-refractivity contribution in [2.24, 2.45) is 5.92 Å². The van der Waals surface area contributed by atoms with Crippen LogP contribution in [0.1, 0.15) is 61.9 Å². The number of nitrogens with one attached hydrogen (secondary N) is 3. The maximum Gasteiger partial charge on any atom is 0.324 e. The number of carbonyl (C=O) groups excluding carboxylic acids is 2. The van der Waals surface area contributed by atoms with Crippen LogP contribution < -0.4 is 16.0 Å². The zero-order valence-corrected chi connectivity index (χ0v) is 27.1. The van der Waals surface area contributed by atoms with Crippen LogP contribution in [0, 0.1) is 12.8 Å². The van der Waals surface area contributed by atoms with Crippen LogP contribution in [0.3, 0.4) is 0 Å². The van der Waals surface area contributed by atoms with Gasteiger partial charge in [-0.2, -0.15) is 5.10 Å². The van der Waals surface area contributed by atoms with Crippen molar-refractivity contribution in [1.82, 2.24) is 15.1 Å². The van der Waals surface area contributed by atoms with Gasteiger partial charge in [-0.25, -0.2) is 9.48 Å². The van der Waals surface area contributed by atoms with Gasteiger partial charge >= 0.3 is 6.03 Å². The SMILES string of the molecule is Cc1ccc(-n2nc(C(C)(C)C)cc2NC(=O)Nc2ccc(C(C(=O)Cc3ccc4ccccc4c3)C3CCNCC3)cc2)cc1. The van der Waals surface area contributed by atoms with E-state index in [0.717, 1.165) is 59.4 Å². The van der Waals surface area contributed by atoms with Gasteiger partial charge in [0.25, 0.3) is 0 Å². The van der Waals surface area contributed by atoms with Gasteiger partial charge in [-0.05, 0) is 84.9 Å². The summed E-state index contributed by atoms with van der Waals surface area (Å²) in [5.41, 5.74) is 5.41. The number of carbonyl (C=O) groups is 2. The summed E-state index contributed by atoms with van der Waals surface area (Å²) in [6.45, 7) is 10.2. The second-order valence-electron chi connectivity index (χ2n) is 13.5. The molecule has 0 aliphatic carbocycles. The summed E-state index contributed by atoms with van der Waals surface area (Å²) >= 11 is 0. The van der Waals surface area contributed by atoms with Crippen molar-refractivity contribution >= 4 is 34.1 Å². The number of rotatable bonds is 8. The van der Waals surface area contributed by atoms with E-state index in [1.54, 1.807) is 4.68 Å². The number of fused-ring (bicyclic) bond motifs is 1. The van der Waals surface area contributed by atoms with Gasteiger partial charge in [0.2, 0.25) is 0 Å². The number of anilines is 2. The number of aromatic nitrogens is 2. The van der Waals surface area contributed by atoms with E-state index in [1.807, 2.05) is 73.7 Å². The Morgan fingerprint density at radius 2 is 1.57 bits per heavy atom. The van der Waals surface area contributed by atoms with Gasteiger partial charge in [0.15, 0.2) is 0 Å². The summed E-state index contributed by atoms with van der Waals surface area (Å²) in [5.74, 6) is 0.902. The molecule has 4 aromatic carbocycles. The quantitative estimate of drug-likeness (QED) is 0.165. The van der Waals surface area contributed by atoms with Crippen LogP contribution in [-0.4, -0.2) is 34.7 Å². The van der Waals surface area contributed by atoms with Gasteiger partial charge in [0.05, 0.1) is 11.4 Å². The van der Waals surface area contributed by atoms with Crippen LogP contribution in [0.4, 0.5) is 16.3 Å². The molecule has 1 unspecified atom stereocenters. The molecular formula is C39H43N5O2. The molecule has 0 bridgehead atoms. The van der Waals surface area contributed by atoms with Crippen LogP contribution in [-0.2, 0) is 16.6 Å². The first-order valence-electron chi connectivity index (χ1n) is 16.2. The summed E-state index contributed by atoms with van der Waals surface area (Å²) in [7, 11) is 0. The van der Waals surface area contributed by atoms with Gasteiger partial charge in [-0.15, -0.1) is 0 Å². The highest BCUT2D eigenvalue weighted by atomic mass is 16.2. The molecule has 2 heterocycles. The number of ketones is 1. The first-order chi connectivity index (χ1) is 22.1. The van der Waals surface area contributed by atoms with E-state index in [9.17, 15) is 9.59 Å². The Kier molecular flexibility index (Phi) is 9.04. The van der Waals surface area contributed by atoms with Crippen molar-refractivity contribution in [1.29, 1.82) is 0 Å². The summed E-state index contributed by atoms with van der Waals surface area (Å²) in [4.78, 5) is 27.2. The molecule has 1 aromatic heterocycles. The predicted octanol–water partition coefficient (Wildman–Crippen LogP) is 8.17. The Bertz CT molecular complexity index is 1830. The Morgan fingerprint density at radius 1 is 0.870 bits per heavy atom. The molecule has 0 saturated carbocycles. The molecule has 2 amide bonds. The van der Waals surface area contributed by atoms with Crippen molar-refractivity contribution in [3.63, 3.8) is 0 Å². The summed E-state index contributed by atoms with van der Waals surface area (Å²) in [6, 6.07) is 31.9. The minimum absolute atomic E-state index is 0.185. The third kappa shape index (κ3) is 7.21. The monoisotopic (exact) mass is 613 g/mol. The van der Waals surface area contributed by atoms with Crippen LogP contribution in [0.5, 0.6) is 0 Å². The maximum absolute atomic E-state index is 13.9. The molecule has 1 atom stereocenters. The second-order valence-corrected chi connectivity index (χ2v) is 13.5. The van der Waals surface area contributed by atoms with Crippen LogP contribution >= 0.6 is 0 Å². The van der Waals surface area contributed by atoms with E-state index in [1.165, 1.54) is 5.39 Å². The molecule has 3 N–H and O–H groups in total. The van der Waals surface area contributed by atoms with Gasteiger partial charge < -0.3 is 10.6 Å². The molecule has 7 nitrogen and oxygen atoms in total. The van der Waals surface area contributed by atoms with E-state index >= 15 is 0 Å². The number of hydrogen-bond acceptors (Lipinski definition) is 4. The molecule has 0 spiro atoms. The van der Waals surface area contributed by atoms with Crippen molar-refractivity contribution in [3.8, 4) is 5.69 Å². The molecule has 5 aromatic rings. The first-order valence-corrected chi connectivity index (χ1v) is 16.2. The Morgan fingerprint density at radius 3 is 2.26 bits per heavy atom. The average Bonchev–Trinajstić information content (AvgIpc) is 3.47. The minimum Gasteiger partial charge on any atom is -0.317 e. The zero-order valence-electron chi connectivity index (χ0n) is 27.1. The lowest BCUT2D eigenvalue weighted by Gasteiger charge is -2.30. The molecule has 0 radical (unpaired) electrons. The Balaban J connectivity index is 1.19. The molecule has 46 heavy (non-hydrogen) atoms. The van der Waals surface area contributed by atoms with Crippen LogP contribution in [0.25, 0.3) is 16.5 Å². The first kappa shape index (κ1) is 31.2. The van der Waals surface area contributed by atoms with Gasteiger partial charge in [-0.3, -0.25) is 10.1 Å². The molecular weight excluding hydrogens is 570 g/mol. The lowest BCUT2D eigenvalue weighted by Crippen LogP contribution is -2.34. The predicted molar refractivity (Wildman–Crippen MR) is 187 cm³/mol. The fourth-order valence-electron chi connectivity index (χ4n) is 6.33. The standard InChI is InChI=1S/C39H43N5O2/c1-26-9-17-33(18-10-26)44-36(25-35(43-44)39(2,3)4)42-38(46)41-32-15-13-29(14-16-32)37(30-19-21-40-22-20-30)34(45)24-27-11-12-28-7-5-6-8-31(28)23-27/h5-18,23,25,30,37,40H,19-22,24H2,1-4H3,(H2,41,42,46). The molecule has 1 aliphatic rings. The van der Waals surface area contributed by atoms with E-state index in [0.29, 0.717) is 17.9 Å². The topological polar surface area (TPSA) is 88.1 Å². The smallest absolute Gasteiger partial charge is 0.317 e. The Hall–Kier alpha value is -4.75. The number of Topliss-reactive ketones (excluding diaryl/α,β-unsaturated/α-hetero) is 1. The number of hydrogen-bond donors (Lipinski definition) is 3. The molecule has 1 fully saturated rings. The third-order valence-electron chi connectivity index (χ3n) is 8.92. The van der Waals surface area contributed by atoms with Gasteiger partial charge in [0.1, 0.15) is 11.6 Å². The highest BCUT2D eigenvalue weighted by molar-refractivity contribution is 5.99. The van der Waals surface area contributed by atoms with E-state index in [2.05, 4.69) is 67.1 Å². The van der Waals surface area contributed by atoms with Crippen molar-refractivity contribution in [2.75, 3.05) is 23.7 Å². The fourth-order valence-corrected chi connectivity index (χ4v) is 6.33. The molecule has 236 valence electrons. The number of nitrogens with zero attached hydrogens (tertiary/aromatic N) is 2. The summed E-state index contributed by atoms with van der Waals surface area (Å²) in [5, 5.41) is 16.5. The number of aryl methyl sites for hydroxylation is 1. The number of urea groups is 1.